The van der Waals surface area contributed by atoms with E-state index in [9.17, 15) is 9.59 Å². The maximum atomic E-state index is 12.3. The number of ether oxygens (including phenoxy) is 1. The Kier molecular flexibility index (Phi) is 5.64. The molecule has 0 spiro atoms. The zero-order chi connectivity index (χ0) is 16.8. The van der Waals surface area contributed by atoms with Crippen LogP contribution in [-0.2, 0) is 4.79 Å². The molecule has 122 valence electrons. The minimum Gasteiger partial charge on any atom is -0.492 e. The summed E-state index contributed by atoms with van der Waals surface area (Å²) in [5, 5.41) is 2.63. The van der Waals surface area contributed by atoms with Crippen LogP contribution >= 0.6 is 11.8 Å². The van der Waals surface area contributed by atoms with Crippen LogP contribution in [0.15, 0.2) is 40.3 Å². The van der Waals surface area contributed by atoms with Gasteiger partial charge in [-0.2, -0.15) is 0 Å². The lowest BCUT2D eigenvalue weighted by Gasteiger charge is -2.14. The molecule has 0 aliphatic carbocycles. The van der Waals surface area contributed by atoms with Gasteiger partial charge >= 0.3 is 0 Å². The number of nitrogen functional groups attached to an aromatic ring is 1. The summed E-state index contributed by atoms with van der Waals surface area (Å²) >= 11 is 1.12. The first kappa shape index (κ1) is 16.9. The van der Waals surface area contributed by atoms with Crippen molar-refractivity contribution >= 4 is 29.2 Å². The molecule has 1 atom stereocenters. The van der Waals surface area contributed by atoms with E-state index < -0.39 is 5.25 Å². The average molecular weight is 334 g/mol. The lowest BCUT2D eigenvalue weighted by Crippen LogP contribution is -2.23. The summed E-state index contributed by atoms with van der Waals surface area (Å²) in [6, 6.07) is 8.38. The van der Waals surface area contributed by atoms with Gasteiger partial charge in [0.2, 0.25) is 5.91 Å². The summed E-state index contributed by atoms with van der Waals surface area (Å²) in [4.78, 5) is 30.2. The smallest absolute Gasteiger partial charge is 0.253 e. The van der Waals surface area contributed by atoms with Crippen molar-refractivity contribution in [3.05, 3.63) is 40.7 Å². The van der Waals surface area contributed by atoms with E-state index in [1.54, 1.807) is 19.1 Å². The molecule has 0 aliphatic rings. The van der Waals surface area contributed by atoms with Crippen LogP contribution in [0, 0.1) is 0 Å². The second-order valence-corrected chi connectivity index (χ2v) is 5.98. The van der Waals surface area contributed by atoms with E-state index in [2.05, 4.69) is 15.3 Å². The van der Waals surface area contributed by atoms with E-state index in [1.807, 2.05) is 19.1 Å². The van der Waals surface area contributed by atoms with Gasteiger partial charge in [0.15, 0.2) is 5.16 Å². The van der Waals surface area contributed by atoms with Gasteiger partial charge in [0.1, 0.15) is 11.6 Å². The van der Waals surface area contributed by atoms with E-state index in [1.165, 1.54) is 6.07 Å². The lowest BCUT2D eigenvalue weighted by molar-refractivity contribution is -0.115. The molecular formula is C15H18N4O3S. The summed E-state index contributed by atoms with van der Waals surface area (Å²) in [7, 11) is 0. The van der Waals surface area contributed by atoms with Gasteiger partial charge in [0.25, 0.3) is 5.56 Å². The van der Waals surface area contributed by atoms with Gasteiger partial charge in [-0.1, -0.05) is 23.9 Å². The van der Waals surface area contributed by atoms with E-state index in [4.69, 9.17) is 10.5 Å². The number of hydrogen-bond acceptors (Lipinski definition) is 6. The number of anilines is 2. The van der Waals surface area contributed by atoms with Crippen molar-refractivity contribution in [1.29, 1.82) is 0 Å². The van der Waals surface area contributed by atoms with Crippen LogP contribution in [0.25, 0.3) is 0 Å². The molecule has 0 bridgehead atoms. The van der Waals surface area contributed by atoms with Crippen molar-refractivity contribution in [2.24, 2.45) is 0 Å². The van der Waals surface area contributed by atoms with Gasteiger partial charge in [-0.25, -0.2) is 4.98 Å². The topological polar surface area (TPSA) is 110 Å². The van der Waals surface area contributed by atoms with E-state index in [0.29, 0.717) is 23.2 Å². The van der Waals surface area contributed by atoms with Crippen molar-refractivity contribution < 1.29 is 9.53 Å². The second kappa shape index (κ2) is 7.68. The summed E-state index contributed by atoms with van der Waals surface area (Å²) in [6.07, 6.45) is 0. The second-order valence-electron chi connectivity index (χ2n) is 4.65. The van der Waals surface area contributed by atoms with E-state index in [0.717, 1.165) is 11.8 Å². The predicted molar refractivity (Wildman–Crippen MR) is 90.8 cm³/mol. The van der Waals surface area contributed by atoms with Gasteiger partial charge in [-0.15, -0.1) is 0 Å². The van der Waals surface area contributed by atoms with Crippen LogP contribution in [-0.4, -0.2) is 27.7 Å². The van der Waals surface area contributed by atoms with E-state index >= 15 is 0 Å². The van der Waals surface area contributed by atoms with Gasteiger partial charge in [-0.3, -0.25) is 9.59 Å². The van der Waals surface area contributed by atoms with Gasteiger partial charge in [0.05, 0.1) is 17.5 Å². The zero-order valence-corrected chi connectivity index (χ0v) is 13.6. The maximum Gasteiger partial charge on any atom is 0.253 e. The highest BCUT2D eigenvalue weighted by atomic mass is 32.2. The molecular weight excluding hydrogens is 316 g/mol. The van der Waals surface area contributed by atoms with Crippen LogP contribution in [0.2, 0.25) is 0 Å². The Morgan fingerprint density at radius 2 is 2.22 bits per heavy atom. The number of benzene rings is 1. The summed E-state index contributed by atoms with van der Waals surface area (Å²) in [6.45, 7) is 4.09. The highest BCUT2D eigenvalue weighted by molar-refractivity contribution is 8.00. The molecule has 1 amide bonds. The number of nitrogens with one attached hydrogen (secondary N) is 2. The Morgan fingerprint density at radius 1 is 1.48 bits per heavy atom. The van der Waals surface area contributed by atoms with Crippen LogP contribution in [0.4, 0.5) is 11.5 Å². The summed E-state index contributed by atoms with van der Waals surface area (Å²) < 4.78 is 5.47. The molecule has 2 aromatic rings. The predicted octanol–water partition coefficient (Wildman–Crippen LogP) is 1.87. The number of aromatic amines is 1. The Balaban J connectivity index is 2.07. The number of H-pyrrole nitrogens is 1. The number of amides is 1. The highest BCUT2D eigenvalue weighted by Crippen LogP contribution is 2.26. The zero-order valence-electron chi connectivity index (χ0n) is 12.8. The summed E-state index contributed by atoms with van der Waals surface area (Å²) in [5.41, 5.74) is 5.77. The molecule has 1 aromatic carbocycles. The highest BCUT2D eigenvalue weighted by Gasteiger charge is 2.17. The monoisotopic (exact) mass is 334 g/mol. The number of para-hydroxylation sites is 2. The minimum atomic E-state index is -0.477. The molecule has 0 fully saturated rings. The number of rotatable bonds is 6. The molecule has 2 rings (SSSR count). The van der Waals surface area contributed by atoms with Crippen molar-refractivity contribution in [2.75, 3.05) is 17.7 Å². The van der Waals surface area contributed by atoms with Crippen LogP contribution < -0.4 is 21.3 Å². The number of nitrogens with two attached hydrogens (primary N) is 1. The first-order valence-electron chi connectivity index (χ1n) is 7.05. The molecule has 0 saturated heterocycles. The fourth-order valence-corrected chi connectivity index (χ4v) is 2.63. The SMILES string of the molecule is CCOc1ccccc1NC(=O)C(C)Sc1nc(N)cc(=O)[nH]1. The molecule has 4 N–H and O–H groups in total. The standard InChI is InChI=1S/C15H18N4O3S/c1-3-22-11-7-5-4-6-10(11)17-14(21)9(2)23-15-18-12(16)8-13(20)19-15/h4-9H,3H2,1-2H3,(H,17,21)(H3,16,18,19,20). The Bertz CT molecular complexity index is 747. The van der Waals surface area contributed by atoms with Crippen LogP contribution in [0.3, 0.4) is 0 Å². The number of carbonyl (C=O) groups excluding carboxylic acids is 1. The fraction of sp³-hybridized carbons (Fsp3) is 0.267. The van der Waals surface area contributed by atoms with E-state index in [-0.39, 0.29) is 17.3 Å². The Hall–Kier alpha value is -2.48. The van der Waals surface area contributed by atoms with Gasteiger partial charge in [-0.05, 0) is 26.0 Å². The van der Waals surface area contributed by atoms with Crippen molar-refractivity contribution in [2.45, 2.75) is 24.3 Å². The number of aromatic nitrogens is 2. The molecule has 23 heavy (non-hydrogen) atoms. The van der Waals surface area contributed by atoms with Gasteiger partial charge < -0.3 is 20.8 Å². The molecule has 0 radical (unpaired) electrons. The number of thioether (sulfide) groups is 1. The first-order chi connectivity index (χ1) is 11.0. The lowest BCUT2D eigenvalue weighted by atomic mass is 10.3. The minimum absolute atomic E-state index is 0.116. The molecule has 1 aromatic heterocycles. The molecule has 1 heterocycles. The number of nitrogens with zero attached hydrogens (tertiary/aromatic N) is 1. The molecule has 7 nitrogen and oxygen atoms in total. The molecule has 0 saturated carbocycles. The normalized spacial score (nSPS) is 11.7. The fourth-order valence-electron chi connectivity index (χ4n) is 1.82. The van der Waals surface area contributed by atoms with Gasteiger partial charge in [0, 0.05) is 6.07 Å². The van der Waals surface area contributed by atoms with Crippen LogP contribution in [0.1, 0.15) is 13.8 Å². The average Bonchev–Trinajstić information content (AvgIpc) is 2.48. The third-order valence-corrected chi connectivity index (χ3v) is 3.83. The molecule has 0 aliphatic heterocycles. The Morgan fingerprint density at radius 3 is 2.91 bits per heavy atom. The molecule has 1 unspecified atom stereocenters. The third-order valence-electron chi connectivity index (χ3n) is 2.84. The first-order valence-corrected chi connectivity index (χ1v) is 7.93. The summed E-state index contributed by atoms with van der Waals surface area (Å²) in [5.74, 6) is 0.494. The molecule has 8 heteroatoms. The quantitative estimate of drug-likeness (QED) is 0.549. The number of carbonyl (C=O) groups is 1. The maximum absolute atomic E-state index is 12.3. The van der Waals surface area contributed by atoms with Crippen molar-refractivity contribution in [3.63, 3.8) is 0 Å². The van der Waals surface area contributed by atoms with Crippen molar-refractivity contribution in [3.8, 4) is 5.75 Å². The third kappa shape index (κ3) is 4.75. The van der Waals surface area contributed by atoms with Crippen molar-refractivity contribution in [1.82, 2.24) is 9.97 Å². The van der Waals surface area contributed by atoms with Crippen LogP contribution in [0.5, 0.6) is 5.75 Å². The number of hydrogen-bond donors (Lipinski definition) is 3. The Labute approximate surface area is 137 Å². The largest absolute Gasteiger partial charge is 0.492 e.